The normalized spacial score (nSPS) is 15.4. The lowest BCUT2D eigenvalue weighted by Gasteiger charge is -2.34. The number of nitrogens with one attached hydrogen (secondary N) is 2. The van der Waals surface area contributed by atoms with Gasteiger partial charge in [-0.1, -0.05) is 48.5 Å². The molecule has 0 aromatic heterocycles. The molecule has 4 rings (SSSR count). The van der Waals surface area contributed by atoms with Gasteiger partial charge in [0.15, 0.2) is 0 Å². The Morgan fingerprint density at radius 1 is 1.06 bits per heavy atom. The maximum Gasteiger partial charge on any atom is 0.240 e. The maximum atomic E-state index is 13.6. The number of piperidine rings is 1. The molecule has 0 unspecified atom stereocenters. The number of hydrogen-bond acceptors (Lipinski definition) is 5. The molecule has 0 spiro atoms. The molecule has 0 bridgehead atoms. The summed E-state index contributed by atoms with van der Waals surface area (Å²) in [6.07, 6.45) is 3.57. The Bertz CT molecular complexity index is 1140. The van der Waals surface area contributed by atoms with E-state index in [0.717, 1.165) is 42.8 Å². The van der Waals surface area contributed by atoms with Crippen molar-refractivity contribution >= 4 is 34.5 Å². The predicted octanol–water partition coefficient (Wildman–Crippen LogP) is 3.92. The van der Waals surface area contributed by atoms with Crippen molar-refractivity contribution < 1.29 is 4.79 Å². The van der Waals surface area contributed by atoms with Crippen molar-refractivity contribution in [2.75, 3.05) is 19.6 Å². The lowest BCUT2D eigenvalue weighted by molar-refractivity contribution is -0.134. The summed E-state index contributed by atoms with van der Waals surface area (Å²) in [6, 6.07) is 21.8. The molecular formula is C27H33N5OS. The first-order valence-corrected chi connectivity index (χ1v) is 12.7. The number of amidine groups is 1. The third-order valence-electron chi connectivity index (χ3n) is 6.52. The van der Waals surface area contributed by atoms with E-state index in [-0.39, 0.29) is 17.8 Å². The molecule has 1 saturated heterocycles. The second kappa shape index (κ2) is 11.5. The summed E-state index contributed by atoms with van der Waals surface area (Å²) < 4.78 is 3.45. The van der Waals surface area contributed by atoms with Gasteiger partial charge >= 0.3 is 0 Å². The van der Waals surface area contributed by atoms with Crippen molar-refractivity contribution in [1.29, 1.82) is 5.41 Å². The first-order valence-electron chi connectivity index (χ1n) is 11.9. The zero-order valence-corrected chi connectivity index (χ0v) is 20.2. The first kappa shape index (κ1) is 24.3. The summed E-state index contributed by atoms with van der Waals surface area (Å²) in [5.74, 6) is 0.762. The van der Waals surface area contributed by atoms with Gasteiger partial charge in [0.1, 0.15) is 11.9 Å². The van der Waals surface area contributed by atoms with Crippen LogP contribution in [0.2, 0.25) is 0 Å². The van der Waals surface area contributed by atoms with Crippen LogP contribution in [0.15, 0.2) is 71.6 Å². The van der Waals surface area contributed by atoms with Crippen LogP contribution in [0.1, 0.15) is 30.4 Å². The smallest absolute Gasteiger partial charge is 0.240 e. The zero-order valence-electron chi connectivity index (χ0n) is 19.4. The lowest BCUT2D eigenvalue weighted by atomic mass is 9.93. The molecule has 1 amide bonds. The van der Waals surface area contributed by atoms with Gasteiger partial charge in [-0.15, -0.1) is 0 Å². The molecule has 1 atom stereocenters. The molecule has 6 nitrogen and oxygen atoms in total. The Morgan fingerprint density at radius 3 is 2.56 bits per heavy atom. The highest BCUT2D eigenvalue weighted by Gasteiger charge is 2.28. The summed E-state index contributed by atoms with van der Waals surface area (Å²) >= 11 is 1.49. The van der Waals surface area contributed by atoms with Crippen LogP contribution in [-0.4, -0.2) is 42.3 Å². The number of nitrogen functional groups attached to an aromatic ring is 1. The summed E-state index contributed by atoms with van der Waals surface area (Å²) in [7, 11) is 0. The summed E-state index contributed by atoms with van der Waals surface area (Å²) in [4.78, 5) is 16.6. The van der Waals surface area contributed by atoms with Crippen LogP contribution in [-0.2, 0) is 11.2 Å². The van der Waals surface area contributed by atoms with Crippen molar-refractivity contribution in [2.45, 2.75) is 36.6 Å². The number of fused-ring (bicyclic) bond motifs is 1. The molecule has 6 N–H and O–H groups in total. The Morgan fingerprint density at radius 2 is 1.82 bits per heavy atom. The monoisotopic (exact) mass is 475 g/mol. The van der Waals surface area contributed by atoms with Gasteiger partial charge in [0, 0.05) is 23.5 Å². The summed E-state index contributed by atoms with van der Waals surface area (Å²) in [6.45, 7) is 2.25. The van der Waals surface area contributed by atoms with E-state index >= 15 is 0 Å². The number of nitrogens with zero attached hydrogens (tertiary/aromatic N) is 1. The van der Waals surface area contributed by atoms with E-state index in [1.807, 2.05) is 41.3 Å². The Balaban J connectivity index is 1.50. The van der Waals surface area contributed by atoms with E-state index in [4.69, 9.17) is 16.9 Å². The molecule has 1 fully saturated rings. The minimum atomic E-state index is -0.385. The fourth-order valence-corrected chi connectivity index (χ4v) is 5.33. The number of hydrogen-bond donors (Lipinski definition) is 4. The molecule has 1 heterocycles. The van der Waals surface area contributed by atoms with Gasteiger partial charge in [-0.05, 0) is 84.6 Å². The minimum Gasteiger partial charge on any atom is -0.384 e. The van der Waals surface area contributed by atoms with Crippen LogP contribution >= 0.6 is 11.9 Å². The highest BCUT2D eigenvalue weighted by molar-refractivity contribution is 7.97. The van der Waals surface area contributed by atoms with Gasteiger partial charge in [0.05, 0.1) is 0 Å². The lowest BCUT2D eigenvalue weighted by Crippen LogP contribution is -2.48. The maximum absolute atomic E-state index is 13.6. The number of amides is 1. The molecule has 0 saturated carbocycles. The van der Waals surface area contributed by atoms with Crippen molar-refractivity contribution in [1.82, 2.24) is 9.62 Å². The van der Waals surface area contributed by atoms with Crippen LogP contribution in [0.4, 0.5) is 0 Å². The van der Waals surface area contributed by atoms with Gasteiger partial charge in [0.25, 0.3) is 0 Å². The minimum absolute atomic E-state index is 0.0326. The molecule has 3 aromatic carbocycles. The number of nitrogens with two attached hydrogens (primary N) is 2. The van der Waals surface area contributed by atoms with Gasteiger partial charge in [-0.3, -0.25) is 10.2 Å². The number of carbonyl (C=O) groups excluding carboxylic acids is 1. The van der Waals surface area contributed by atoms with Crippen LogP contribution in [0.25, 0.3) is 10.8 Å². The number of rotatable bonds is 9. The largest absolute Gasteiger partial charge is 0.384 e. The molecule has 0 aliphatic carbocycles. The average molecular weight is 476 g/mol. The van der Waals surface area contributed by atoms with Crippen molar-refractivity contribution in [3.05, 3.63) is 77.9 Å². The standard InChI is InChI=1S/C27H33N5OS/c28-13-10-19-11-14-32(15-12-19)27(33)25(17-20-4-3-7-23(16-20)26(29)30)31-34-24-9-8-21-5-1-2-6-22(21)18-24/h1-9,16,18-19,25,31H,10-15,17,28H2,(H3,29,30)/t25-/m0/s1. The fourth-order valence-electron chi connectivity index (χ4n) is 4.55. The van der Waals surface area contributed by atoms with Gasteiger partial charge in [-0.25, -0.2) is 4.72 Å². The van der Waals surface area contributed by atoms with E-state index in [1.54, 1.807) is 0 Å². The zero-order chi connectivity index (χ0) is 23.9. The number of carbonyl (C=O) groups is 1. The van der Waals surface area contributed by atoms with E-state index in [9.17, 15) is 4.79 Å². The van der Waals surface area contributed by atoms with Gasteiger partial charge in [0.2, 0.25) is 5.91 Å². The third-order valence-corrected chi connectivity index (χ3v) is 7.41. The van der Waals surface area contributed by atoms with E-state index in [1.165, 1.54) is 22.7 Å². The van der Waals surface area contributed by atoms with Crippen LogP contribution in [0.5, 0.6) is 0 Å². The van der Waals surface area contributed by atoms with E-state index in [2.05, 4.69) is 35.1 Å². The number of benzene rings is 3. The van der Waals surface area contributed by atoms with Gasteiger partial charge in [-0.2, -0.15) is 0 Å². The first-order chi connectivity index (χ1) is 16.5. The number of likely N-dealkylation sites (tertiary alicyclic amines) is 1. The molecule has 0 radical (unpaired) electrons. The molecule has 3 aromatic rings. The third kappa shape index (κ3) is 6.17. The Labute approximate surface area is 205 Å². The van der Waals surface area contributed by atoms with Crippen molar-refractivity contribution in [2.24, 2.45) is 17.4 Å². The average Bonchev–Trinajstić information content (AvgIpc) is 2.87. The second-order valence-electron chi connectivity index (χ2n) is 8.95. The summed E-state index contributed by atoms with van der Waals surface area (Å²) in [5, 5.41) is 10.1. The quantitative estimate of drug-likeness (QED) is 0.213. The SMILES string of the molecule is N=C(N)c1cccc(C[C@H](NSc2ccc3ccccc3c2)C(=O)N2CCC(CCN)CC2)c1. The van der Waals surface area contributed by atoms with Crippen molar-refractivity contribution in [3.63, 3.8) is 0 Å². The van der Waals surface area contributed by atoms with Crippen LogP contribution < -0.4 is 16.2 Å². The van der Waals surface area contributed by atoms with Crippen LogP contribution in [0.3, 0.4) is 0 Å². The van der Waals surface area contributed by atoms with Crippen molar-refractivity contribution in [3.8, 4) is 0 Å². The Kier molecular flexibility index (Phi) is 8.21. The fraction of sp³-hybridized carbons (Fsp3) is 0.333. The highest BCUT2D eigenvalue weighted by Crippen LogP contribution is 2.25. The molecule has 1 aliphatic heterocycles. The second-order valence-corrected chi connectivity index (χ2v) is 9.86. The van der Waals surface area contributed by atoms with Gasteiger partial charge < -0.3 is 16.4 Å². The molecule has 34 heavy (non-hydrogen) atoms. The summed E-state index contributed by atoms with van der Waals surface area (Å²) in [5.41, 5.74) is 13.1. The Hall–Kier alpha value is -2.87. The van der Waals surface area contributed by atoms with Crippen LogP contribution in [0, 0.1) is 11.3 Å². The van der Waals surface area contributed by atoms with E-state index in [0.29, 0.717) is 24.4 Å². The predicted molar refractivity (Wildman–Crippen MR) is 141 cm³/mol. The molecular weight excluding hydrogens is 442 g/mol. The topological polar surface area (TPSA) is 108 Å². The molecule has 1 aliphatic rings. The van der Waals surface area contributed by atoms with E-state index < -0.39 is 0 Å². The highest BCUT2D eigenvalue weighted by atomic mass is 32.2. The molecule has 7 heteroatoms. The molecule has 178 valence electrons.